The lowest BCUT2D eigenvalue weighted by molar-refractivity contribution is 0.546. The van der Waals surface area contributed by atoms with Crippen molar-refractivity contribution in [3.63, 3.8) is 0 Å². The molecule has 0 saturated heterocycles. The number of rotatable bonds is 6. The average Bonchev–Trinajstić information content (AvgIpc) is 2.92. The molecule has 1 unspecified atom stereocenters. The highest BCUT2D eigenvalue weighted by Crippen LogP contribution is 2.31. The third kappa shape index (κ3) is 3.28. The highest BCUT2D eigenvalue weighted by atomic mass is 32.1. The van der Waals surface area contributed by atoms with Crippen molar-refractivity contribution >= 4 is 11.3 Å². The Morgan fingerprint density at radius 3 is 2.65 bits per heavy atom. The van der Waals surface area contributed by atoms with Gasteiger partial charge in [-0.2, -0.15) is 0 Å². The van der Waals surface area contributed by atoms with Gasteiger partial charge in [0.1, 0.15) is 5.82 Å². The normalized spacial score (nSPS) is 12.6. The molecule has 20 heavy (non-hydrogen) atoms. The van der Waals surface area contributed by atoms with Gasteiger partial charge in [-0.3, -0.25) is 0 Å². The van der Waals surface area contributed by atoms with E-state index in [1.807, 2.05) is 25.1 Å². The van der Waals surface area contributed by atoms with Crippen LogP contribution in [0.2, 0.25) is 0 Å². The Bertz CT molecular complexity index is 562. The van der Waals surface area contributed by atoms with Crippen molar-refractivity contribution in [3.8, 4) is 0 Å². The zero-order valence-corrected chi connectivity index (χ0v) is 13.2. The molecule has 1 aromatic carbocycles. The third-order valence-corrected chi connectivity index (χ3v) is 4.74. The Hall–Kier alpha value is -1.19. The molecule has 0 amide bonds. The monoisotopic (exact) mass is 291 g/mol. The molecule has 1 nitrogen and oxygen atoms in total. The molecule has 0 bridgehead atoms. The molecule has 0 spiro atoms. The molecule has 3 heteroatoms. The quantitative estimate of drug-likeness (QED) is 0.802. The van der Waals surface area contributed by atoms with Crippen molar-refractivity contribution in [1.29, 1.82) is 0 Å². The molecule has 1 heterocycles. The highest BCUT2D eigenvalue weighted by Gasteiger charge is 2.19. The van der Waals surface area contributed by atoms with E-state index in [9.17, 15) is 4.39 Å². The Morgan fingerprint density at radius 2 is 2.00 bits per heavy atom. The van der Waals surface area contributed by atoms with Crippen molar-refractivity contribution < 1.29 is 4.39 Å². The maximum atomic E-state index is 14.4. The number of halogens is 1. The lowest BCUT2D eigenvalue weighted by Crippen LogP contribution is -2.23. The summed E-state index contributed by atoms with van der Waals surface area (Å²) in [5.41, 5.74) is 1.46. The Kier molecular flexibility index (Phi) is 5.32. The van der Waals surface area contributed by atoms with Crippen LogP contribution in [0.1, 0.15) is 47.2 Å². The summed E-state index contributed by atoms with van der Waals surface area (Å²) < 4.78 is 14.4. The first-order chi connectivity index (χ1) is 9.67. The number of hydrogen-bond donors (Lipinski definition) is 1. The van der Waals surface area contributed by atoms with Crippen LogP contribution in [0.15, 0.2) is 30.3 Å². The van der Waals surface area contributed by atoms with Crippen molar-refractivity contribution in [1.82, 2.24) is 5.32 Å². The summed E-state index contributed by atoms with van der Waals surface area (Å²) in [5.74, 6) is -0.0902. The minimum atomic E-state index is -0.0902. The van der Waals surface area contributed by atoms with Crippen molar-refractivity contribution in [2.45, 2.75) is 39.7 Å². The molecule has 0 aliphatic heterocycles. The van der Waals surface area contributed by atoms with Crippen molar-refractivity contribution in [2.75, 3.05) is 6.54 Å². The second kappa shape index (κ2) is 7.00. The maximum absolute atomic E-state index is 14.4. The minimum absolute atomic E-state index is 0.0415. The molecule has 0 aliphatic carbocycles. The molecule has 1 atom stereocenters. The van der Waals surface area contributed by atoms with Crippen LogP contribution >= 0.6 is 11.3 Å². The maximum Gasteiger partial charge on any atom is 0.131 e. The Balaban J connectivity index is 2.38. The van der Waals surface area contributed by atoms with Gasteiger partial charge < -0.3 is 5.32 Å². The van der Waals surface area contributed by atoms with Crippen LogP contribution in [-0.2, 0) is 6.42 Å². The molecular weight excluding hydrogens is 269 g/mol. The topological polar surface area (TPSA) is 12.0 Å². The van der Waals surface area contributed by atoms with Crippen molar-refractivity contribution in [3.05, 3.63) is 57.0 Å². The van der Waals surface area contributed by atoms with Gasteiger partial charge in [0.15, 0.2) is 0 Å². The molecule has 0 fully saturated rings. The van der Waals surface area contributed by atoms with E-state index in [0.29, 0.717) is 5.56 Å². The van der Waals surface area contributed by atoms with Gasteiger partial charge in [0, 0.05) is 15.3 Å². The van der Waals surface area contributed by atoms with Gasteiger partial charge in [-0.15, -0.1) is 11.3 Å². The number of thiophene rings is 1. The highest BCUT2D eigenvalue weighted by molar-refractivity contribution is 7.12. The van der Waals surface area contributed by atoms with Crippen LogP contribution < -0.4 is 5.32 Å². The van der Waals surface area contributed by atoms with E-state index in [1.165, 1.54) is 9.75 Å². The Labute approximate surface area is 124 Å². The third-order valence-electron chi connectivity index (χ3n) is 3.45. The zero-order chi connectivity index (χ0) is 14.5. The van der Waals surface area contributed by atoms with E-state index in [1.54, 1.807) is 11.3 Å². The van der Waals surface area contributed by atoms with E-state index in [2.05, 4.69) is 31.3 Å². The Morgan fingerprint density at radius 1 is 1.20 bits per heavy atom. The second-order valence-corrected chi connectivity index (χ2v) is 6.22. The number of benzene rings is 1. The predicted octanol–water partition coefficient (Wildman–Crippen LogP) is 4.85. The minimum Gasteiger partial charge on any atom is -0.306 e. The van der Waals surface area contributed by atoms with Crippen LogP contribution in [0.25, 0.3) is 0 Å². The van der Waals surface area contributed by atoms with E-state index in [-0.39, 0.29) is 11.9 Å². The number of aryl methyl sites for hydroxylation is 2. The lowest BCUT2D eigenvalue weighted by Gasteiger charge is -2.19. The molecular formula is C17H22FNS. The van der Waals surface area contributed by atoms with Crippen LogP contribution in [0.5, 0.6) is 0 Å². The molecule has 0 saturated carbocycles. The van der Waals surface area contributed by atoms with Gasteiger partial charge in [0.25, 0.3) is 0 Å². The van der Waals surface area contributed by atoms with Gasteiger partial charge in [0.05, 0.1) is 6.04 Å². The molecule has 0 aliphatic rings. The van der Waals surface area contributed by atoms with E-state index in [0.717, 1.165) is 24.9 Å². The van der Waals surface area contributed by atoms with Gasteiger partial charge in [-0.05, 0) is 44.0 Å². The summed E-state index contributed by atoms with van der Waals surface area (Å²) in [5, 5.41) is 3.48. The summed E-state index contributed by atoms with van der Waals surface area (Å²) in [4.78, 5) is 2.54. The largest absolute Gasteiger partial charge is 0.306 e. The smallest absolute Gasteiger partial charge is 0.131 e. The lowest BCUT2D eigenvalue weighted by atomic mass is 10.0. The van der Waals surface area contributed by atoms with E-state index in [4.69, 9.17) is 0 Å². The molecule has 2 rings (SSSR count). The number of nitrogens with one attached hydrogen (secondary N) is 1. The van der Waals surface area contributed by atoms with Gasteiger partial charge in [0.2, 0.25) is 0 Å². The standard InChI is InChI=1S/C17H22FNS/c1-4-11-19-17(15-10-9-13(5-2)20-15)14-8-6-7-12(3)16(14)18/h6-10,17,19H,4-5,11H2,1-3H3. The predicted molar refractivity (Wildman–Crippen MR) is 85.0 cm³/mol. The van der Waals surface area contributed by atoms with E-state index < -0.39 is 0 Å². The van der Waals surface area contributed by atoms with Crippen LogP contribution in [0.3, 0.4) is 0 Å². The SMILES string of the molecule is CCCNC(c1ccc(CC)s1)c1cccc(C)c1F. The molecule has 1 N–H and O–H groups in total. The first-order valence-corrected chi connectivity index (χ1v) is 8.06. The second-order valence-electron chi connectivity index (χ2n) is 5.02. The summed E-state index contributed by atoms with van der Waals surface area (Å²) >= 11 is 1.77. The first-order valence-electron chi connectivity index (χ1n) is 7.24. The summed E-state index contributed by atoms with van der Waals surface area (Å²) in [6.07, 6.45) is 2.07. The van der Waals surface area contributed by atoms with Crippen LogP contribution in [0.4, 0.5) is 4.39 Å². The van der Waals surface area contributed by atoms with E-state index >= 15 is 0 Å². The van der Waals surface area contributed by atoms with Gasteiger partial charge in [-0.1, -0.05) is 32.0 Å². The summed E-state index contributed by atoms with van der Waals surface area (Å²) in [6.45, 7) is 6.99. The summed E-state index contributed by atoms with van der Waals surface area (Å²) in [7, 11) is 0. The van der Waals surface area contributed by atoms with Gasteiger partial charge >= 0.3 is 0 Å². The fourth-order valence-corrected chi connectivity index (χ4v) is 3.33. The summed E-state index contributed by atoms with van der Waals surface area (Å²) in [6, 6.07) is 9.87. The molecule has 0 radical (unpaired) electrons. The fourth-order valence-electron chi connectivity index (χ4n) is 2.29. The fraction of sp³-hybridized carbons (Fsp3) is 0.412. The van der Waals surface area contributed by atoms with Crippen LogP contribution in [-0.4, -0.2) is 6.54 Å². The number of hydrogen-bond acceptors (Lipinski definition) is 2. The first kappa shape index (κ1) is 15.2. The average molecular weight is 291 g/mol. The molecule has 108 valence electrons. The molecule has 1 aromatic heterocycles. The van der Waals surface area contributed by atoms with Crippen molar-refractivity contribution in [2.24, 2.45) is 0 Å². The molecule has 2 aromatic rings. The zero-order valence-electron chi connectivity index (χ0n) is 12.4. The van der Waals surface area contributed by atoms with Crippen LogP contribution in [0, 0.1) is 12.7 Å². The van der Waals surface area contributed by atoms with Gasteiger partial charge in [-0.25, -0.2) is 4.39 Å².